The largest absolute Gasteiger partial charge is 0.316 e. The zero-order valence-electron chi connectivity index (χ0n) is 11.0. The molecule has 0 aliphatic rings. The molecule has 1 aromatic carbocycles. The van der Waals surface area contributed by atoms with Gasteiger partial charge in [-0.3, -0.25) is 0 Å². The van der Waals surface area contributed by atoms with Crippen molar-refractivity contribution >= 4 is 11.6 Å². The summed E-state index contributed by atoms with van der Waals surface area (Å²) >= 11 is 6.06. The average molecular weight is 258 g/mol. The summed E-state index contributed by atoms with van der Waals surface area (Å²) in [6.07, 6.45) is 1.65. The molecule has 17 heavy (non-hydrogen) atoms. The summed E-state index contributed by atoms with van der Waals surface area (Å²) in [6.45, 7) is 6.51. The van der Waals surface area contributed by atoms with Gasteiger partial charge in [0.05, 0.1) is 0 Å². The van der Waals surface area contributed by atoms with Gasteiger partial charge in [0.25, 0.3) is 0 Å². The van der Waals surface area contributed by atoms with Crippen molar-refractivity contribution < 1.29 is 4.39 Å². The molecule has 1 rings (SSSR count). The first-order chi connectivity index (χ1) is 7.92. The summed E-state index contributed by atoms with van der Waals surface area (Å²) in [6, 6.07) is 5.06. The second-order valence-electron chi connectivity index (χ2n) is 5.09. The van der Waals surface area contributed by atoms with Crippen molar-refractivity contribution in [1.29, 1.82) is 0 Å². The second kappa shape index (κ2) is 5.83. The van der Waals surface area contributed by atoms with Gasteiger partial charge in [-0.15, -0.1) is 0 Å². The van der Waals surface area contributed by atoms with Crippen molar-refractivity contribution in [3.8, 4) is 0 Å². The van der Waals surface area contributed by atoms with E-state index >= 15 is 0 Å². The summed E-state index contributed by atoms with van der Waals surface area (Å²) in [5.74, 6) is -0.218. The molecule has 0 aliphatic carbocycles. The van der Waals surface area contributed by atoms with E-state index in [-0.39, 0.29) is 17.3 Å². The maximum absolute atomic E-state index is 13.7. The van der Waals surface area contributed by atoms with Crippen molar-refractivity contribution in [3.63, 3.8) is 0 Å². The van der Waals surface area contributed by atoms with E-state index in [1.165, 1.54) is 6.07 Å². The molecule has 1 atom stereocenters. The highest BCUT2D eigenvalue weighted by molar-refractivity contribution is 6.31. The van der Waals surface area contributed by atoms with Gasteiger partial charge in [-0.2, -0.15) is 0 Å². The van der Waals surface area contributed by atoms with Crippen molar-refractivity contribution in [2.75, 3.05) is 7.05 Å². The maximum Gasteiger partial charge on any atom is 0.127 e. The third-order valence-corrected chi connectivity index (χ3v) is 4.03. The van der Waals surface area contributed by atoms with Crippen LogP contribution < -0.4 is 5.32 Å². The summed E-state index contributed by atoms with van der Waals surface area (Å²) in [5, 5.41) is 3.78. The van der Waals surface area contributed by atoms with Gasteiger partial charge >= 0.3 is 0 Å². The van der Waals surface area contributed by atoms with E-state index in [9.17, 15) is 4.39 Å². The highest BCUT2D eigenvalue weighted by atomic mass is 35.5. The Morgan fingerprint density at radius 3 is 2.53 bits per heavy atom. The van der Waals surface area contributed by atoms with Crippen LogP contribution in [0.15, 0.2) is 18.2 Å². The standard InChI is InChI=1S/C14H21ClFN/c1-5-14(2,3)13(17-4)9-10-11(15)7-6-8-12(10)16/h6-8,13,17H,5,9H2,1-4H3. The zero-order valence-corrected chi connectivity index (χ0v) is 11.7. The van der Waals surface area contributed by atoms with Crippen LogP contribution in [0.1, 0.15) is 32.8 Å². The van der Waals surface area contributed by atoms with E-state index in [2.05, 4.69) is 26.1 Å². The van der Waals surface area contributed by atoms with Gasteiger partial charge in [0.2, 0.25) is 0 Å². The molecule has 1 aromatic rings. The van der Waals surface area contributed by atoms with Gasteiger partial charge in [-0.25, -0.2) is 4.39 Å². The smallest absolute Gasteiger partial charge is 0.127 e. The molecule has 96 valence electrons. The fraction of sp³-hybridized carbons (Fsp3) is 0.571. The molecule has 0 bridgehead atoms. The number of likely N-dealkylation sites (N-methyl/N-ethyl adjacent to an activating group) is 1. The molecule has 0 saturated heterocycles. The fourth-order valence-electron chi connectivity index (χ4n) is 1.95. The molecule has 3 heteroatoms. The Kier molecular flexibility index (Phi) is 4.96. The van der Waals surface area contributed by atoms with E-state index in [4.69, 9.17) is 11.6 Å². The normalized spacial score (nSPS) is 13.8. The van der Waals surface area contributed by atoms with Gasteiger partial charge < -0.3 is 5.32 Å². The predicted molar refractivity (Wildman–Crippen MR) is 72.0 cm³/mol. The number of benzene rings is 1. The van der Waals surface area contributed by atoms with Crippen LogP contribution in [0.2, 0.25) is 5.02 Å². The number of rotatable bonds is 5. The monoisotopic (exact) mass is 257 g/mol. The average Bonchev–Trinajstić information content (AvgIpc) is 2.28. The molecule has 1 nitrogen and oxygen atoms in total. The fourth-order valence-corrected chi connectivity index (χ4v) is 2.19. The highest BCUT2D eigenvalue weighted by Crippen LogP contribution is 2.30. The van der Waals surface area contributed by atoms with Crippen LogP contribution >= 0.6 is 11.6 Å². The number of nitrogens with one attached hydrogen (secondary N) is 1. The predicted octanol–water partition coefficient (Wildman–Crippen LogP) is 4.05. The van der Waals surface area contributed by atoms with Crippen LogP contribution in [0, 0.1) is 11.2 Å². The van der Waals surface area contributed by atoms with E-state index in [0.29, 0.717) is 17.0 Å². The Morgan fingerprint density at radius 1 is 1.41 bits per heavy atom. The molecule has 0 aromatic heterocycles. The Morgan fingerprint density at radius 2 is 2.06 bits per heavy atom. The molecule has 1 N–H and O–H groups in total. The zero-order chi connectivity index (χ0) is 13.1. The molecular formula is C14H21ClFN. The van der Waals surface area contributed by atoms with Gasteiger partial charge in [0.1, 0.15) is 5.82 Å². The van der Waals surface area contributed by atoms with E-state index < -0.39 is 0 Å². The minimum atomic E-state index is -0.218. The topological polar surface area (TPSA) is 12.0 Å². The molecule has 0 aliphatic heterocycles. The number of hydrogen-bond donors (Lipinski definition) is 1. The van der Waals surface area contributed by atoms with Crippen LogP contribution in [-0.2, 0) is 6.42 Å². The summed E-state index contributed by atoms with van der Waals surface area (Å²) < 4.78 is 13.7. The minimum absolute atomic E-state index is 0.111. The van der Waals surface area contributed by atoms with Crippen LogP contribution in [0.5, 0.6) is 0 Å². The van der Waals surface area contributed by atoms with Crippen LogP contribution in [-0.4, -0.2) is 13.1 Å². The molecular weight excluding hydrogens is 237 g/mol. The molecule has 0 spiro atoms. The third-order valence-electron chi connectivity index (χ3n) is 3.67. The quantitative estimate of drug-likeness (QED) is 0.839. The van der Waals surface area contributed by atoms with Gasteiger partial charge in [-0.1, -0.05) is 38.4 Å². The Labute approximate surface area is 108 Å². The first kappa shape index (κ1) is 14.5. The molecule has 1 unspecified atom stereocenters. The third kappa shape index (κ3) is 3.43. The lowest BCUT2D eigenvalue weighted by Crippen LogP contribution is -2.41. The molecule has 0 fully saturated rings. The Hall–Kier alpha value is -0.600. The SMILES string of the molecule is CCC(C)(C)C(Cc1c(F)cccc1Cl)NC. The summed E-state index contributed by atoms with van der Waals surface area (Å²) in [4.78, 5) is 0. The van der Waals surface area contributed by atoms with Gasteiger partial charge in [0, 0.05) is 16.6 Å². The first-order valence-electron chi connectivity index (χ1n) is 6.02. The summed E-state index contributed by atoms with van der Waals surface area (Å²) in [7, 11) is 1.91. The number of halogens is 2. The van der Waals surface area contributed by atoms with Gasteiger partial charge in [0.15, 0.2) is 0 Å². The van der Waals surface area contributed by atoms with Crippen molar-refractivity contribution in [3.05, 3.63) is 34.6 Å². The second-order valence-corrected chi connectivity index (χ2v) is 5.49. The lowest BCUT2D eigenvalue weighted by Gasteiger charge is -2.33. The van der Waals surface area contributed by atoms with Crippen molar-refractivity contribution in [2.24, 2.45) is 5.41 Å². The lowest BCUT2D eigenvalue weighted by molar-refractivity contribution is 0.239. The first-order valence-corrected chi connectivity index (χ1v) is 6.40. The molecule has 0 heterocycles. The van der Waals surface area contributed by atoms with Crippen molar-refractivity contribution in [1.82, 2.24) is 5.32 Å². The van der Waals surface area contributed by atoms with Crippen LogP contribution in [0.3, 0.4) is 0 Å². The van der Waals surface area contributed by atoms with Crippen LogP contribution in [0.4, 0.5) is 4.39 Å². The Bertz CT molecular complexity index is 356. The maximum atomic E-state index is 13.7. The lowest BCUT2D eigenvalue weighted by atomic mass is 9.79. The van der Waals surface area contributed by atoms with E-state index in [1.807, 2.05) is 7.05 Å². The van der Waals surface area contributed by atoms with Crippen LogP contribution in [0.25, 0.3) is 0 Å². The Balaban J connectivity index is 2.96. The van der Waals surface area contributed by atoms with E-state index in [1.54, 1.807) is 12.1 Å². The van der Waals surface area contributed by atoms with E-state index in [0.717, 1.165) is 6.42 Å². The van der Waals surface area contributed by atoms with Gasteiger partial charge in [-0.05, 0) is 37.4 Å². The summed E-state index contributed by atoms with van der Waals surface area (Å²) in [5.41, 5.74) is 0.718. The van der Waals surface area contributed by atoms with Crippen molar-refractivity contribution in [2.45, 2.75) is 39.7 Å². The molecule has 0 amide bonds. The minimum Gasteiger partial charge on any atom is -0.316 e. The molecule has 0 saturated carbocycles. The highest BCUT2D eigenvalue weighted by Gasteiger charge is 2.27. The number of hydrogen-bond acceptors (Lipinski definition) is 1. The molecule has 0 radical (unpaired) electrons.